The molecule has 0 spiro atoms. The number of rotatable bonds is 2. The van der Waals surface area contributed by atoms with Gasteiger partial charge in [0.15, 0.2) is 5.65 Å². The predicted molar refractivity (Wildman–Crippen MR) is 62.6 cm³/mol. The minimum Gasteiger partial charge on any atom is -0.471 e. The minimum absolute atomic E-state index is 0.0469. The van der Waals surface area contributed by atoms with Crippen LogP contribution in [0.2, 0.25) is 5.02 Å². The van der Waals surface area contributed by atoms with E-state index in [-0.39, 0.29) is 6.10 Å². The normalized spacial score (nSPS) is 20.0. The van der Waals surface area contributed by atoms with Gasteiger partial charge in [0.25, 0.3) is 0 Å². The van der Waals surface area contributed by atoms with Crippen LogP contribution in [0, 0.1) is 6.92 Å². The lowest BCUT2D eigenvalue weighted by atomic mass is 10.3. The molecule has 5 nitrogen and oxygen atoms in total. The van der Waals surface area contributed by atoms with Gasteiger partial charge in [0.05, 0.1) is 25.6 Å². The lowest BCUT2D eigenvalue weighted by molar-refractivity contribution is 0.138. The average molecular weight is 254 g/mol. The van der Waals surface area contributed by atoms with Crippen molar-refractivity contribution in [2.75, 3.05) is 13.2 Å². The zero-order chi connectivity index (χ0) is 11.8. The smallest absolute Gasteiger partial charge is 0.236 e. The third-order valence-corrected chi connectivity index (χ3v) is 3.02. The Morgan fingerprint density at radius 1 is 1.59 bits per heavy atom. The Hall–Kier alpha value is -1.33. The molecule has 1 unspecified atom stereocenters. The molecule has 1 atom stereocenters. The van der Waals surface area contributed by atoms with Crippen LogP contribution in [0.1, 0.15) is 12.0 Å². The molecule has 0 aliphatic carbocycles. The summed E-state index contributed by atoms with van der Waals surface area (Å²) in [7, 11) is 0. The zero-order valence-electron chi connectivity index (χ0n) is 9.39. The predicted octanol–water partition coefficient (Wildman–Crippen LogP) is 1.86. The van der Waals surface area contributed by atoms with Gasteiger partial charge in [0.1, 0.15) is 11.1 Å². The molecule has 1 fully saturated rings. The Morgan fingerprint density at radius 3 is 3.24 bits per heavy atom. The summed E-state index contributed by atoms with van der Waals surface area (Å²) in [6, 6.07) is 0. The number of hydrogen-bond donors (Lipinski definition) is 0. The summed E-state index contributed by atoms with van der Waals surface area (Å²) in [5.74, 6) is 0.457. The molecule has 2 aromatic heterocycles. The van der Waals surface area contributed by atoms with Crippen molar-refractivity contribution in [1.82, 2.24) is 14.6 Å². The standard InChI is InChI=1S/C11H12ClN3O2/c1-7-4-13-15-5-9(12)11(14-10(7)15)17-8-2-3-16-6-8/h4-5,8H,2-3,6H2,1H3. The Labute approximate surface area is 103 Å². The Balaban J connectivity index is 1.96. The van der Waals surface area contributed by atoms with Gasteiger partial charge >= 0.3 is 0 Å². The van der Waals surface area contributed by atoms with Crippen molar-refractivity contribution in [3.8, 4) is 5.88 Å². The molecule has 1 aliphatic rings. The van der Waals surface area contributed by atoms with Crippen molar-refractivity contribution >= 4 is 17.2 Å². The number of aromatic nitrogens is 3. The molecule has 2 aromatic rings. The second-order valence-electron chi connectivity index (χ2n) is 4.09. The summed E-state index contributed by atoms with van der Waals surface area (Å²) in [4.78, 5) is 4.39. The third-order valence-electron chi connectivity index (χ3n) is 2.76. The van der Waals surface area contributed by atoms with E-state index in [2.05, 4.69) is 10.1 Å². The molecule has 0 N–H and O–H groups in total. The first-order valence-electron chi connectivity index (χ1n) is 5.49. The number of aryl methyl sites for hydroxylation is 1. The maximum atomic E-state index is 6.10. The molecule has 90 valence electrons. The number of ether oxygens (including phenoxy) is 2. The molecule has 6 heteroatoms. The molecule has 0 radical (unpaired) electrons. The monoisotopic (exact) mass is 253 g/mol. The number of hydrogen-bond acceptors (Lipinski definition) is 4. The fourth-order valence-corrected chi connectivity index (χ4v) is 2.01. The van der Waals surface area contributed by atoms with Gasteiger partial charge in [-0.3, -0.25) is 0 Å². The van der Waals surface area contributed by atoms with E-state index in [1.165, 1.54) is 0 Å². The first-order valence-corrected chi connectivity index (χ1v) is 5.87. The van der Waals surface area contributed by atoms with Crippen molar-refractivity contribution in [2.45, 2.75) is 19.4 Å². The van der Waals surface area contributed by atoms with Crippen LogP contribution in [-0.4, -0.2) is 33.9 Å². The van der Waals surface area contributed by atoms with E-state index < -0.39 is 0 Å². The molecule has 0 bridgehead atoms. The molecule has 1 aliphatic heterocycles. The zero-order valence-corrected chi connectivity index (χ0v) is 10.1. The van der Waals surface area contributed by atoms with E-state index in [1.807, 2.05) is 6.92 Å². The average Bonchev–Trinajstić information content (AvgIpc) is 2.92. The van der Waals surface area contributed by atoms with Gasteiger partial charge in [-0.25, -0.2) is 4.52 Å². The second kappa shape index (κ2) is 4.16. The molecule has 0 amide bonds. The van der Waals surface area contributed by atoms with Crippen LogP contribution in [0.25, 0.3) is 5.65 Å². The maximum absolute atomic E-state index is 6.10. The molecule has 1 saturated heterocycles. The fraction of sp³-hybridized carbons (Fsp3) is 0.455. The van der Waals surface area contributed by atoms with E-state index in [4.69, 9.17) is 21.1 Å². The molecule has 0 saturated carbocycles. The summed E-state index contributed by atoms with van der Waals surface area (Å²) < 4.78 is 12.6. The molecular formula is C11H12ClN3O2. The van der Waals surface area contributed by atoms with Gasteiger partial charge in [-0.2, -0.15) is 10.1 Å². The largest absolute Gasteiger partial charge is 0.471 e. The highest BCUT2D eigenvalue weighted by molar-refractivity contribution is 6.31. The van der Waals surface area contributed by atoms with Crippen LogP contribution in [0.15, 0.2) is 12.4 Å². The summed E-state index contributed by atoms with van der Waals surface area (Å²) in [6.45, 7) is 3.28. The lowest BCUT2D eigenvalue weighted by Crippen LogP contribution is -2.17. The van der Waals surface area contributed by atoms with E-state index in [9.17, 15) is 0 Å². The first-order chi connectivity index (χ1) is 8.24. The second-order valence-corrected chi connectivity index (χ2v) is 4.50. The highest BCUT2D eigenvalue weighted by Crippen LogP contribution is 2.25. The van der Waals surface area contributed by atoms with Crippen LogP contribution < -0.4 is 4.74 Å². The highest BCUT2D eigenvalue weighted by atomic mass is 35.5. The van der Waals surface area contributed by atoms with Crippen LogP contribution in [0.3, 0.4) is 0 Å². The number of nitrogens with zero attached hydrogens (tertiary/aromatic N) is 3. The van der Waals surface area contributed by atoms with Gasteiger partial charge in [-0.15, -0.1) is 0 Å². The molecule has 3 rings (SSSR count). The maximum Gasteiger partial charge on any atom is 0.236 e. The first kappa shape index (κ1) is 10.8. The Morgan fingerprint density at radius 2 is 2.47 bits per heavy atom. The van der Waals surface area contributed by atoms with E-state index in [1.54, 1.807) is 16.9 Å². The summed E-state index contributed by atoms with van der Waals surface area (Å²) in [5.41, 5.74) is 1.76. The topological polar surface area (TPSA) is 48.7 Å². The molecule has 0 aromatic carbocycles. The van der Waals surface area contributed by atoms with Gasteiger partial charge in [-0.1, -0.05) is 11.6 Å². The summed E-state index contributed by atoms with van der Waals surface area (Å²) in [5, 5.41) is 4.61. The van der Waals surface area contributed by atoms with Crippen molar-refractivity contribution < 1.29 is 9.47 Å². The Kier molecular flexibility index (Phi) is 2.64. The van der Waals surface area contributed by atoms with Crippen molar-refractivity contribution in [1.29, 1.82) is 0 Å². The van der Waals surface area contributed by atoms with Crippen LogP contribution in [0.5, 0.6) is 5.88 Å². The van der Waals surface area contributed by atoms with Crippen molar-refractivity contribution in [2.24, 2.45) is 0 Å². The molecule has 17 heavy (non-hydrogen) atoms. The Bertz CT molecular complexity index is 549. The van der Waals surface area contributed by atoms with Gasteiger partial charge < -0.3 is 9.47 Å². The van der Waals surface area contributed by atoms with E-state index in [0.29, 0.717) is 17.5 Å². The third kappa shape index (κ3) is 1.96. The van der Waals surface area contributed by atoms with E-state index >= 15 is 0 Å². The van der Waals surface area contributed by atoms with Crippen molar-refractivity contribution in [3.05, 3.63) is 23.0 Å². The van der Waals surface area contributed by atoms with Gasteiger partial charge in [0.2, 0.25) is 5.88 Å². The van der Waals surface area contributed by atoms with Crippen molar-refractivity contribution in [3.63, 3.8) is 0 Å². The van der Waals surface area contributed by atoms with Gasteiger partial charge in [-0.05, 0) is 6.92 Å². The van der Waals surface area contributed by atoms with Crippen LogP contribution in [0.4, 0.5) is 0 Å². The van der Waals surface area contributed by atoms with Crippen LogP contribution >= 0.6 is 11.6 Å². The highest BCUT2D eigenvalue weighted by Gasteiger charge is 2.20. The number of fused-ring (bicyclic) bond motifs is 1. The van der Waals surface area contributed by atoms with E-state index in [0.717, 1.165) is 24.2 Å². The fourth-order valence-electron chi connectivity index (χ4n) is 1.83. The molecular weight excluding hydrogens is 242 g/mol. The number of halogens is 1. The quantitative estimate of drug-likeness (QED) is 0.820. The van der Waals surface area contributed by atoms with Gasteiger partial charge in [0, 0.05) is 12.0 Å². The minimum atomic E-state index is 0.0469. The molecule has 3 heterocycles. The SMILES string of the molecule is Cc1cnn2cc(Cl)c(OC3CCOC3)nc12. The lowest BCUT2D eigenvalue weighted by Gasteiger charge is -2.12. The summed E-state index contributed by atoms with van der Waals surface area (Å²) >= 11 is 6.10. The van der Waals surface area contributed by atoms with Crippen LogP contribution in [-0.2, 0) is 4.74 Å². The summed E-state index contributed by atoms with van der Waals surface area (Å²) in [6.07, 6.45) is 4.38.